The molecule has 0 bridgehead atoms. The van der Waals surface area contributed by atoms with E-state index in [0.29, 0.717) is 18.1 Å². The molecule has 6 nitrogen and oxygen atoms in total. The lowest BCUT2D eigenvalue weighted by molar-refractivity contribution is 0.0700. The summed E-state index contributed by atoms with van der Waals surface area (Å²) in [4.78, 5) is 27.4. The van der Waals surface area contributed by atoms with Crippen LogP contribution in [0.25, 0.3) is 0 Å². The van der Waals surface area contributed by atoms with E-state index in [0.717, 1.165) is 30.8 Å². The Bertz CT molecular complexity index is 870. The van der Waals surface area contributed by atoms with Crippen LogP contribution in [-0.2, 0) is 0 Å². The molecule has 1 amide bonds. The van der Waals surface area contributed by atoms with Gasteiger partial charge in [-0.15, -0.1) is 11.3 Å². The zero-order valence-electron chi connectivity index (χ0n) is 14.1. The van der Waals surface area contributed by atoms with E-state index in [2.05, 4.69) is 15.0 Å². The second-order valence-electron chi connectivity index (χ2n) is 6.16. The Labute approximate surface area is 155 Å². The molecule has 1 fully saturated rings. The smallest absolute Gasteiger partial charge is 0.273 e. The summed E-state index contributed by atoms with van der Waals surface area (Å²) in [6.07, 6.45) is 5.28. The normalized spacial score (nSPS) is 17.1. The van der Waals surface area contributed by atoms with Crippen LogP contribution in [0.1, 0.15) is 34.9 Å². The van der Waals surface area contributed by atoms with Crippen LogP contribution < -0.4 is 4.74 Å². The largest absolute Gasteiger partial charge is 0.437 e. The second kappa shape index (κ2) is 7.61. The van der Waals surface area contributed by atoms with E-state index in [1.807, 2.05) is 35.2 Å². The number of amides is 1. The van der Waals surface area contributed by atoms with Crippen LogP contribution in [0.5, 0.6) is 11.6 Å². The Hall–Kier alpha value is -2.80. The third kappa shape index (κ3) is 3.72. The molecule has 0 spiro atoms. The maximum Gasteiger partial charge on any atom is 0.273 e. The summed E-state index contributed by atoms with van der Waals surface area (Å²) >= 11 is 1.43. The molecule has 7 heteroatoms. The van der Waals surface area contributed by atoms with Gasteiger partial charge in [0.2, 0.25) is 5.88 Å². The summed E-state index contributed by atoms with van der Waals surface area (Å²) < 4.78 is 5.78. The number of nitrogens with zero attached hydrogens (tertiary/aromatic N) is 4. The van der Waals surface area contributed by atoms with Crippen molar-refractivity contribution in [2.75, 3.05) is 13.1 Å². The van der Waals surface area contributed by atoms with E-state index in [-0.39, 0.29) is 11.8 Å². The van der Waals surface area contributed by atoms with Crippen LogP contribution in [0.15, 0.2) is 53.6 Å². The van der Waals surface area contributed by atoms with Crippen LogP contribution in [-0.4, -0.2) is 38.8 Å². The lowest BCUT2D eigenvalue weighted by Crippen LogP contribution is -2.39. The van der Waals surface area contributed by atoms with Crippen LogP contribution in [0.2, 0.25) is 0 Å². The molecule has 26 heavy (non-hydrogen) atoms. The Morgan fingerprint density at radius 2 is 2.12 bits per heavy atom. The van der Waals surface area contributed by atoms with Crippen LogP contribution in [0.4, 0.5) is 0 Å². The number of para-hydroxylation sites is 1. The number of piperidine rings is 1. The van der Waals surface area contributed by atoms with Gasteiger partial charge < -0.3 is 9.64 Å². The van der Waals surface area contributed by atoms with Crippen molar-refractivity contribution in [2.45, 2.75) is 18.8 Å². The minimum atomic E-state index is -0.0133. The number of benzene rings is 1. The van der Waals surface area contributed by atoms with Crippen molar-refractivity contribution in [2.24, 2.45) is 0 Å². The Morgan fingerprint density at radius 3 is 2.92 bits per heavy atom. The molecule has 0 N–H and O–H groups in total. The molecule has 0 radical (unpaired) electrons. The molecular weight excluding hydrogens is 348 g/mol. The molecule has 1 unspecified atom stereocenters. The van der Waals surface area contributed by atoms with Gasteiger partial charge in [0.25, 0.3) is 5.91 Å². The standard InChI is InChI=1S/C19H18N4O2S/c24-19(17-12-26-13-21-17)23-8-4-5-14(11-23)16-9-20-10-18(22-16)25-15-6-2-1-3-7-15/h1-3,6-7,9-10,12-14H,4-5,8,11H2. The third-order valence-electron chi connectivity index (χ3n) is 4.38. The van der Waals surface area contributed by atoms with E-state index in [9.17, 15) is 4.79 Å². The fourth-order valence-electron chi connectivity index (χ4n) is 3.10. The van der Waals surface area contributed by atoms with Crippen LogP contribution in [0.3, 0.4) is 0 Å². The first-order valence-corrected chi connectivity index (χ1v) is 9.46. The third-order valence-corrected chi connectivity index (χ3v) is 4.96. The predicted molar refractivity (Wildman–Crippen MR) is 98.5 cm³/mol. The Balaban J connectivity index is 1.48. The Kier molecular flexibility index (Phi) is 4.88. The number of ether oxygens (including phenoxy) is 1. The molecular formula is C19H18N4O2S. The summed E-state index contributed by atoms with van der Waals surface area (Å²) in [6.45, 7) is 1.38. The average Bonchev–Trinajstić information content (AvgIpc) is 3.23. The molecule has 1 atom stereocenters. The predicted octanol–water partition coefficient (Wildman–Crippen LogP) is 3.75. The number of aromatic nitrogens is 3. The quantitative estimate of drug-likeness (QED) is 0.703. The summed E-state index contributed by atoms with van der Waals surface area (Å²) in [7, 11) is 0. The number of thiazole rings is 1. The molecule has 1 aliphatic heterocycles. The Morgan fingerprint density at radius 1 is 1.23 bits per heavy atom. The summed E-state index contributed by atoms with van der Waals surface area (Å²) in [5.41, 5.74) is 3.06. The highest BCUT2D eigenvalue weighted by atomic mass is 32.1. The lowest BCUT2D eigenvalue weighted by Gasteiger charge is -2.32. The summed E-state index contributed by atoms with van der Waals surface area (Å²) in [6, 6.07) is 9.52. The van der Waals surface area contributed by atoms with Crippen molar-refractivity contribution >= 4 is 17.2 Å². The minimum absolute atomic E-state index is 0.0133. The number of rotatable bonds is 4. The highest BCUT2D eigenvalue weighted by Crippen LogP contribution is 2.28. The number of carbonyl (C=O) groups is 1. The molecule has 1 aromatic carbocycles. The minimum Gasteiger partial charge on any atom is -0.437 e. The number of hydrogen-bond acceptors (Lipinski definition) is 6. The van der Waals surface area contributed by atoms with Crippen molar-refractivity contribution in [3.05, 3.63) is 65.0 Å². The van der Waals surface area contributed by atoms with Gasteiger partial charge in [-0.3, -0.25) is 9.78 Å². The molecule has 132 valence electrons. The monoisotopic (exact) mass is 366 g/mol. The summed E-state index contributed by atoms with van der Waals surface area (Å²) in [5.74, 6) is 1.33. The van der Waals surface area contributed by atoms with Gasteiger partial charge >= 0.3 is 0 Å². The first-order chi connectivity index (χ1) is 12.8. The first kappa shape index (κ1) is 16.7. The number of carbonyl (C=O) groups excluding carboxylic acids is 1. The van der Waals surface area contributed by atoms with E-state index in [1.54, 1.807) is 23.3 Å². The summed E-state index contributed by atoms with van der Waals surface area (Å²) in [5, 5.41) is 1.79. The molecule has 1 aliphatic rings. The molecule has 1 saturated heterocycles. The maximum atomic E-state index is 12.6. The molecule has 4 rings (SSSR count). The van der Waals surface area contributed by atoms with Gasteiger partial charge in [-0.2, -0.15) is 0 Å². The van der Waals surface area contributed by atoms with Crippen molar-refractivity contribution in [3.8, 4) is 11.6 Å². The van der Waals surface area contributed by atoms with Crippen LogP contribution >= 0.6 is 11.3 Å². The van der Waals surface area contributed by atoms with Gasteiger partial charge in [0.1, 0.15) is 11.4 Å². The van der Waals surface area contributed by atoms with Crippen molar-refractivity contribution in [3.63, 3.8) is 0 Å². The van der Waals surface area contributed by atoms with Gasteiger partial charge in [0.05, 0.1) is 17.4 Å². The average molecular weight is 366 g/mol. The van der Waals surface area contributed by atoms with Crippen LogP contribution in [0, 0.1) is 0 Å². The number of likely N-dealkylation sites (tertiary alicyclic amines) is 1. The van der Waals surface area contributed by atoms with Gasteiger partial charge in [0, 0.05) is 30.6 Å². The topological polar surface area (TPSA) is 68.2 Å². The second-order valence-corrected chi connectivity index (χ2v) is 6.88. The lowest BCUT2D eigenvalue weighted by atomic mass is 9.95. The van der Waals surface area contributed by atoms with Crippen molar-refractivity contribution < 1.29 is 9.53 Å². The zero-order chi connectivity index (χ0) is 17.8. The maximum absolute atomic E-state index is 12.6. The number of hydrogen-bond donors (Lipinski definition) is 0. The zero-order valence-corrected chi connectivity index (χ0v) is 14.9. The fraction of sp³-hybridized carbons (Fsp3) is 0.263. The van der Waals surface area contributed by atoms with E-state index in [4.69, 9.17) is 4.74 Å². The SMILES string of the molecule is O=C(c1cscn1)N1CCCC(c2cncc(Oc3ccccc3)n2)C1. The van der Waals surface area contributed by atoms with Gasteiger partial charge in [-0.05, 0) is 25.0 Å². The molecule has 3 aromatic rings. The van der Waals surface area contributed by atoms with Gasteiger partial charge in [-0.1, -0.05) is 18.2 Å². The molecule has 2 aromatic heterocycles. The van der Waals surface area contributed by atoms with Crippen molar-refractivity contribution in [1.82, 2.24) is 19.9 Å². The molecule has 0 saturated carbocycles. The fourth-order valence-corrected chi connectivity index (χ4v) is 3.63. The highest BCUT2D eigenvalue weighted by molar-refractivity contribution is 7.07. The van der Waals surface area contributed by atoms with Crippen molar-refractivity contribution in [1.29, 1.82) is 0 Å². The molecule has 3 heterocycles. The van der Waals surface area contributed by atoms with E-state index >= 15 is 0 Å². The van der Waals surface area contributed by atoms with Gasteiger partial charge in [0.15, 0.2) is 0 Å². The van der Waals surface area contributed by atoms with Gasteiger partial charge in [-0.25, -0.2) is 9.97 Å². The highest BCUT2D eigenvalue weighted by Gasteiger charge is 2.27. The van der Waals surface area contributed by atoms with E-state index in [1.165, 1.54) is 11.3 Å². The first-order valence-electron chi connectivity index (χ1n) is 8.52. The van der Waals surface area contributed by atoms with E-state index < -0.39 is 0 Å². The molecule has 0 aliphatic carbocycles.